The van der Waals surface area contributed by atoms with Crippen molar-refractivity contribution in [3.63, 3.8) is 0 Å². The molecule has 0 spiro atoms. The zero-order valence-electron chi connectivity index (χ0n) is 22.4. The highest BCUT2D eigenvalue weighted by molar-refractivity contribution is 6.12. The Kier molecular flexibility index (Phi) is 8.68. The number of aromatic nitrogens is 1. The third-order valence-corrected chi connectivity index (χ3v) is 7.96. The van der Waals surface area contributed by atoms with Gasteiger partial charge < -0.3 is 15.0 Å². The summed E-state index contributed by atoms with van der Waals surface area (Å²) in [5.41, 5.74) is 2.66. The van der Waals surface area contributed by atoms with Gasteiger partial charge in [-0.3, -0.25) is 14.5 Å². The fourth-order valence-electron chi connectivity index (χ4n) is 5.93. The number of fused-ring (bicyclic) bond motifs is 1. The number of piperidine rings is 1. The maximum atomic E-state index is 13.0. The van der Waals surface area contributed by atoms with Gasteiger partial charge in [-0.05, 0) is 70.7 Å². The van der Waals surface area contributed by atoms with E-state index in [0.29, 0.717) is 31.0 Å². The van der Waals surface area contributed by atoms with Crippen molar-refractivity contribution in [1.82, 2.24) is 15.2 Å². The summed E-state index contributed by atoms with van der Waals surface area (Å²) in [5, 5.41) is 2.97. The number of carbonyl (C=O) groups is 2. The Bertz CT molecular complexity index is 1140. The van der Waals surface area contributed by atoms with E-state index in [0.717, 1.165) is 62.4 Å². The molecule has 1 aromatic carbocycles. The molecule has 8 heteroatoms. The Labute approximate surface area is 225 Å². The molecule has 38 heavy (non-hydrogen) atoms. The molecular weight excluding hydrogens is 478 g/mol. The number of ether oxygens (including phenoxy) is 1. The van der Waals surface area contributed by atoms with E-state index in [9.17, 15) is 9.59 Å². The number of benzene rings is 1. The second-order valence-electron chi connectivity index (χ2n) is 10.5. The Morgan fingerprint density at radius 1 is 1.08 bits per heavy atom. The molecular formula is C30H39N5O3. The quantitative estimate of drug-likeness (QED) is 0.564. The summed E-state index contributed by atoms with van der Waals surface area (Å²) >= 11 is 0. The maximum absolute atomic E-state index is 13.0. The van der Waals surface area contributed by atoms with E-state index in [-0.39, 0.29) is 23.8 Å². The van der Waals surface area contributed by atoms with Crippen molar-refractivity contribution in [3.05, 3.63) is 53.7 Å². The van der Waals surface area contributed by atoms with Crippen LogP contribution < -0.4 is 15.0 Å². The molecule has 3 aliphatic rings. The molecule has 0 atom stereocenters. The molecule has 0 unspecified atom stereocenters. The zero-order chi connectivity index (χ0) is 26.3. The zero-order valence-corrected chi connectivity index (χ0v) is 22.4. The number of likely N-dealkylation sites (tertiary alicyclic amines) is 1. The lowest BCUT2D eigenvalue weighted by Gasteiger charge is -2.36. The van der Waals surface area contributed by atoms with Crippen molar-refractivity contribution in [3.8, 4) is 5.88 Å². The molecule has 0 bridgehead atoms. The van der Waals surface area contributed by atoms with Gasteiger partial charge in [-0.2, -0.15) is 4.99 Å². The van der Waals surface area contributed by atoms with Crippen molar-refractivity contribution in [2.45, 2.75) is 64.3 Å². The van der Waals surface area contributed by atoms with Crippen LogP contribution in [0.25, 0.3) is 0 Å². The number of hydrogen-bond donors (Lipinski definition) is 1. The highest BCUT2D eigenvalue weighted by Crippen LogP contribution is 2.38. The van der Waals surface area contributed by atoms with E-state index in [1.54, 1.807) is 12.1 Å². The molecule has 1 N–H and O–H groups in total. The summed E-state index contributed by atoms with van der Waals surface area (Å²) in [6, 6.07) is 11.4. The third kappa shape index (κ3) is 6.23. The molecule has 2 fully saturated rings. The lowest BCUT2D eigenvalue weighted by Crippen LogP contribution is -2.43. The topological polar surface area (TPSA) is 87.1 Å². The van der Waals surface area contributed by atoms with Crippen LogP contribution in [0.5, 0.6) is 5.88 Å². The molecule has 1 aliphatic carbocycles. The minimum Gasteiger partial charge on any atom is -0.476 e. The number of carbonyl (C=O) groups excluding carboxylic acids is 2. The molecule has 202 valence electrons. The fourth-order valence-corrected chi connectivity index (χ4v) is 5.93. The Balaban J connectivity index is 1.34. The van der Waals surface area contributed by atoms with Crippen molar-refractivity contribution < 1.29 is 14.3 Å². The van der Waals surface area contributed by atoms with E-state index < -0.39 is 0 Å². The van der Waals surface area contributed by atoms with Crippen LogP contribution in [0.4, 0.5) is 5.69 Å². The first-order valence-corrected chi connectivity index (χ1v) is 14.2. The Morgan fingerprint density at radius 3 is 2.58 bits per heavy atom. The van der Waals surface area contributed by atoms with E-state index >= 15 is 0 Å². The van der Waals surface area contributed by atoms with Crippen LogP contribution >= 0.6 is 0 Å². The predicted octanol–water partition coefficient (Wildman–Crippen LogP) is 4.24. The average Bonchev–Trinajstić information content (AvgIpc) is 3.31. The Hall–Kier alpha value is -3.26. The monoisotopic (exact) mass is 517 g/mol. The number of rotatable bonds is 8. The number of pyridine rings is 1. The lowest BCUT2D eigenvalue weighted by molar-refractivity contribution is -0.125. The van der Waals surface area contributed by atoms with Gasteiger partial charge in [0.1, 0.15) is 12.4 Å². The summed E-state index contributed by atoms with van der Waals surface area (Å²) in [4.78, 5) is 39.3. The van der Waals surface area contributed by atoms with Gasteiger partial charge in [0.25, 0.3) is 5.91 Å². The SMILES string of the molecule is CCNC(=O)C1CCC(N2C(=NC(=O)c3ccccc3)Cc3cnc(OCCN4CCCCC4)cc32)CC1. The van der Waals surface area contributed by atoms with Crippen molar-refractivity contribution >= 4 is 23.3 Å². The Morgan fingerprint density at radius 2 is 1.84 bits per heavy atom. The molecule has 2 aromatic rings. The van der Waals surface area contributed by atoms with E-state index in [4.69, 9.17) is 4.74 Å². The van der Waals surface area contributed by atoms with Crippen LogP contribution in [-0.2, 0) is 11.2 Å². The smallest absolute Gasteiger partial charge is 0.278 e. The molecule has 1 aromatic heterocycles. The van der Waals surface area contributed by atoms with Crippen LogP contribution in [0, 0.1) is 5.92 Å². The normalized spacial score (nSPS) is 22.8. The molecule has 1 saturated carbocycles. The summed E-state index contributed by atoms with van der Waals surface area (Å²) < 4.78 is 6.09. The van der Waals surface area contributed by atoms with Gasteiger partial charge >= 0.3 is 0 Å². The molecule has 2 amide bonds. The second kappa shape index (κ2) is 12.5. The van der Waals surface area contributed by atoms with E-state index in [1.807, 2.05) is 37.4 Å². The van der Waals surface area contributed by atoms with E-state index in [1.165, 1.54) is 19.3 Å². The van der Waals surface area contributed by atoms with Gasteiger partial charge in [0.15, 0.2) is 0 Å². The first-order chi connectivity index (χ1) is 18.6. The lowest BCUT2D eigenvalue weighted by atomic mass is 9.84. The number of anilines is 1. The molecule has 0 radical (unpaired) electrons. The van der Waals surface area contributed by atoms with Gasteiger partial charge in [-0.25, -0.2) is 4.98 Å². The van der Waals surface area contributed by atoms with Crippen LogP contribution in [0.15, 0.2) is 47.6 Å². The largest absolute Gasteiger partial charge is 0.476 e. The van der Waals surface area contributed by atoms with Gasteiger partial charge in [-0.15, -0.1) is 0 Å². The number of nitrogens with one attached hydrogen (secondary N) is 1. The second-order valence-corrected chi connectivity index (χ2v) is 10.5. The minimum atomic E-state index is -0.236. The molecule has 5 rings (SSSR count). The average molecular weight is 518 g/mol. The van der Waals surface area contributed by atoms with Gasteiger partial charge in [0, 0.05) is 54.9 Å². The first kappa shape index (κ1) is 26.4. The van der Waals surface area contributed by atoms with E-state index in [2.05, 4.69) is 25.1 Å². The fraction of sp³-hybridized carbons (Fsp3) is 0.533. The molecule has 3 heterocycles. The van der Waals surface area contributed by atoms with Crippen molar-refractivity contribution in [1.29, 1.82) is 0 Å². The van der Waals surface area contributed by atoms with Crippen LogP contribution in [0.3, 0.4) is 0 Å². The van der Waals surface area contributed by atoms with Crippen LogP contribution in [0.1, 0.15) is 67.8 Å². The summed E-state index contributed by atoms with van der Waals surface area (Å²) in [6.07, 6.45) is 9.66. The van der Waals surface area contributed by atoms with Crippen molar-refractivity contribution in [2.24, 2.45) is 10.9 Å². The van der Waals surface area contributed by atoms with Crippen molar-refractivity contribution in [2.75, 3.05) is 37.7 Å². The number of amidine groups is 1. The number of aliphatic imine (C=N–C) groups is 1. The molecule has 8 nitrogen and oxygen atoms in total. The predicted molar refractivity (Wildman–Crippen MR) is 149 cm³/mol. The first-order valence-electron chi connectivity index (χ1n) is 14.2. The summed E-state index contributed by atoms with van der Waals surface area (Å²) in [5.74, 6) is 1.32. The van der Waals surface area contributed by atoms with Gasteiger partial charge in [0.2, 0.25) is 11.8 Å². The number of hydrogen-bond acceptors (Lipinski definition) is 5. The number of amides is 2. The third-order valence-electron chi connectivity index (χ3n) is 7.96. The number of nitrogens with zero attached hydrogens (tertiary/aromatic N) is 4. The maximum Gasteiger partial charge on any atom is 0.278 e. The summed E-state index contributed by atoms with van der Waals surface area (Å²) in [7, 11) is 0. The molecule has 2 aliphatic heterocycles. The highest BCUT2D eigenvalue weighted by atomic mass is 16.5. The molecule has 1 saturated heterocycles. The van der Waals surface area contributed by atoms with Crippen LogP contribution in [-0.4, -0.2) is 66.4 Å². The summed E-state index contributed by atoms with van der Waals surface area (Å²) in [6.45, 7) is 6.41. The van der Waals surface area contributed by atoms with Gasteiger partial charge in [0.05, 0.1) is 5.69 Å². The standard InChI is InChI=1S/C30H39N5O3/c1-2-31-29(36)23-11-13-25(14-12-23)35-26-20-28(38-18-17-34-15-7-4-8-16-34)32-21-24(26)19-27(35)33-30(37)22-9-5-3-6-10-22/h3,5-6,9-10,20-21,23,25H,2,4,7-8,11-19H2,1H3,(H,31,36). The van der Waals surface area contributed by atoms with Crippen LogP contribution in [0.2, 0.25) is 0 Å². The van der Waals surface area contributed by atoms with Gasteiger partial charge in [-0.1, -0.05) is 24.6 Å². The minimum absolute atomic E-state index is 0.0470. The highest BCUT2D eigenvalue weighted by Gasteiger charge is 2.36.